The van der Waals surface area contributed by atoms with Gasteiger partial charge in [-0.25, -0.2) is 0 Å². The maximum Gasteiger partial charge on any atom is 0.262 e. The monoisotopic (exact) mass is 314 g/mol. The predicted molar refractivity (Wildman–Crippen MR) is 76.6 cm³/mol. The number of aromatic nitrogens is 1. The Balaban J connectivity index is 1.97. The second kappa shape index (κ2) is 6.15. The number of amides is 1. The zero-order valence-corrected chi connectivity index (χ0v) is 12.4. The minimum Gasteiger partial charge on any atom is -0.482 e. The smallest absolute Gasteiger partial charge is 0.262 e. The summed E-state index contributed by atoms with van der Waals surface area (Å²) in [6, 6.07) is 4.79. The van der Waals surface area contributed by atoms with E-state index in [1.165, 1.54) is 0 Å². The first-order valence-electron chi connectivity index (χ1n) is 5.78. The van der Waals surface area contributed by atoms with Crippen LogP contribution in [-0.4, -0.2) is 17.7 Å². The molecule has 1 aromatic heterocycles. The number of halogens is 2. The van der Waals surface area contributed by atoms with Crippen molar-refractivity contribution in [3.63, 3.8) is 0 Å². The van der Waals surface area contributed by atoms with Crippen LogP contribution in [0.25, 0.3) is 0 Å². The topological polar surface area (TPSA) is 64.4 Å². The number of hydrogen-bond acceptors (Lipinski definition) is 4. The van der Waals surface area contributed by atoms with Gasteiger partial charge in [0.05, 0.1) is 5.02 Å². The highest BCUT2D eigenvalue weighted by atomic mass is 35.5. The molecule has 2 aromatic rings. The Morgan fingerprint density at radius 1 is 1.40 bits per heavy atom. The maximum absolute atomic E-state index is 11.8. The molecule has 0 aliphatic carbocycles. The van der Waals surface area contributed by atoms with Crippen molar-refractivity contribution in [2.75, 3.05) is 11.9 Å². The Bertz CT molecular complexity index is 621. The molecule has 0 saturated heterocycles. The van der Waals surface area contributed by atoms with Crippen molar-refractivity contribution in [1.82, 2.24) is 5.16 Å². The molecule has 5 nitrogen and oxygen atoms in total. The van der Waals surface area contributed by atoms with Crippen LogP contribution in [0.5, 0.6) is 5.75 Å². The van der Waals surface area contributed by atoms with Crippen LogP contribution in [0, 0.1) is 13.8 Å². The molecule has 1 heterocycles. The van der Waals surface area contributed by atoms with Crippen LogP contribution in [0.1, 0.15) is 11.5 Å². The Morgan fingerprint density at radius 3 is 2.80 bits per heavy atom. The summed E-state index contributed by atoms with van der Waals surface area (Å²) in [6.45, 7) is 3.26. The van der Waals surface area contributed by atoms with Gasteiger partial charge in [0, 0.05) is 11.1 Å². The average molecular weight is 315 g/mol. The van der Waals surface area contributed by atoms with Gasteiger partial charge in [-0.3, -0.25) is 4.79 Å². The van der Waals surface area contributed by atoms with E-state index in [1.807, 2.05) is 0 Å². The number of rotatable bonds is 4. The summed E-state index contributed by atoms with van der Waals surface area (Å²) in [7, 11) is 0. The van der Waals surface area contributed by atoms with E-state index in [2.05, 4.69) is 10.5 Å². The Morgan fingerprint density at radius 2 is 2.15 bits per heavy atom. The fourth-order valence-electron chi connectivity index (χ4n) is 1.57. The quantitative estimate of drug-likeness (QED) is 0.936. The molecule has 106 valence electrons. The minimum absolute atomic E-state index is 0.190. The van der Waals surface area contributed by atoms with Crippen LogP contribution in [0.4, 0.5) is 5.69 Å². The minimum atomic E-state index is -0.338. The summed E-state index contributed by atoms with van der Waals surface area (Å²) in [6.07, 6.45) is 0. The van der Waals surface area contributed by atoms with E-state index >= 15 is 0 Å². The van der Waals surface area contributed by atoms with Gasteiger partial charge in [0.1, 0.15) is 17.1 Å². The standard InChI is InChI=1S/C13H12Cl2N2O3/c1-7-13(8(2)20-17-7)16-12(18)6-19-11-5-9(14)3-4-10(11)15/h3-5H,6H2,1-2H3,(H,16,18). The fourth-order valence-corrected chi connectivity index (χ4v) is 1.90. The zero-order chi connectivity index (χ0) is 14.7. The van der Waals surface area contributed by atoms with Crippen molar-refractivity contribution in [3.05, 3.63) is 39.7 Å². The lowest BCUT2D eigenvalue weighted by Crippen LogP contribution is -2.20. The fraction of sp³-hybridized carbons (Fsp3) is 0.231. The van der Waals surface area contributed by atoms with Crippen LogP contribution >= 0.6 is 23.2 Å². The molecular formula is C13H12Cl2N2O3. The van der Waals surface area contributed by atoms with Gasteiger partial charge >= 0.3 is 0 Å². The first-order valence-corrected chi connectivity index (χ1v) is 6.53. The Hall–Kier alpha value is -1.72. The number of carbonyl (C=O) groups is 1. The number of hydrogen-bond donors (Lipinski definition) is 1. The van der Waals surface area contributed by atoms with Gasteiger partial charge < -0.3 is 14.6 Å². The van der Waals surface area contributed by atoms with Crippen LogP contribution in [0.2, 0.25) is 10.0 Å². The highest BCUT2D eigenvalue weighted by Gasteiger charge is 2.13. The first kappa shape index (κ1) is 14.7. The highest BCUT2D eigenvalue weighted by Crippen LogP contribution is 2.27. The molecule has 0 saturated carbocycles. The molecule has 20 heavy (non-hydrogen) atoms. The van der Waals surface area contributed by atoms with Crippen molar-refractivity contribution >= 4 is 34.8 Å². The molecule has 0 radical (unpaired) electrons. The summed E-state index contributed by atoms with van der Waals surface area (Å²) in [4.78, 5) is 11.8. The molecule has 1 N–H and O–H groups in total. The van der Waals surface area contributed by atoms with Crippen molar-refractivity contribution < 1.29 is 14.1 Å². The second-order valence-corrected chi connectivity index (χ2v) is 4.95. The van der Waals surface area contributed by atoms with E-state index < -0.39 is 0 Å². The lowest BCUT2D eigenvalue weighted by Gasteiger charge is -2.08. The van der Waals surface area contributed by atoms with Crippen molar-refractivity contribution in [2.24, 2.45) is 0 Å². The molecule has 0 fully saturated rings. The molecule has 1 amide bonds. The summed E-state index contributed by atoms with van der Waals surface area (Å²) in [5.74, 6) is 0.556. The lowest BCUT2D eigenvalue weighted by atomic mass is 10.3. The normalized spacial score (nSPS) is 10.4. The third-order valence-corrected chi connectivity index (χ3v) is 3.10. The third kappa shape index (κ3) is 3.43. The summed E-state index contributed by atoms with van der Waals surface area (Å²) >= 11 is 11.8. The number of benzene rings is 1. The number of carbonyl (C=O) groups excluding carboxylic acids is 1. The largest absolute Gasteiger partial charge is 0.482 e. The molecule has 0 atom stereocenters. The van der Waals surface area contributed by atoms with Gasteiger partial charge in [0.15, 0.2) is 12.4 Å². The number of aryl methyl sites for hydroxylation is 2. The first-order chi connectivity index (χ1) is 9.47. The number of nitrogens with zero attached hydrogens (tertiary/aromatic N) is 1. The zero-order valence-electron chi connectivity index (χ0n) is 10.9. The van der Waals surface area contributed by atoms with E-state index in [1.54, 1.807) is 32.0 Å². The van der Waals surface area contributed by atoms with E-state index in [9.17, 15) is 4.79 Å². The SMILES string of the molecule is Cc1noc(C)c1NC(=O)COc1cc(Cl)ccc1Cl. The van der Waals surface area contributed by atoms with E-state index in [0.717, 1.165) is 0 Å². The maximum atomic E-state index is 11.8. The van der Waals surface area contributed by atoms with Crippen molar-refractivity contribution in [1.29, 1.82) is 0 Å². The summed E-state index contributed by atoms with van der Waals surface area (Å²) < 4.78 is 10.3. The Kier molecular flexibility index (Phi) is 4.52. The third-order valence-electron chi connectivity index (χ3n) is 2.55. The molecule has 0 spiro atoms. The predicted octanol–water partition coefficient (Wildman–Crippen LogP) is 3.62. The van der Waals surface area contributed by atoms with Gasteiger partial charge in [-0.1, -0.05) is 28.4 Å². The van der Waals surface area contributed by atoms with Crippen LogP contribution < -0.4 is 10.1 Å². The molecule has 0 aliphatic rings. The van der Waals surface area contributed by atoms with Crippen LogP contribution in [-0.2, 0) is 4.79 Å². The summed E-state index contributed by atoms with van der Waals surface area (Å²) in [5.41, 5.74) is 1.16. The summed E-state index contributed by atoms with van der Waals surface area (Å²) in [5, 5.41) is 7.28. The number of ether oxygens (including phenoxy) is 1. The van der Waals surface area contributed by atoms with Crippen LogP contribution in [0.3, 0.4) is 0 Å². The lowest BCUT2D eigenvalue weighted by molar-refractivity contribution is -0.118. The molecule has 7 heteroatoms. The van der Waals surface area contributed by atoms with E-state index in [4.69, 9.17) is 32.5 Å². The molecule has 1 aromatic carbocycles. The van der Waals surface area contributed by atoms with Gasteiger partial charge in [-0.05, 0) is 26.0 Å². The van der Waals surface area contributed by atoms with E-state index in [-0.39, 0.29) is 12.5 Å². The van der Waals surface area contributed by atoms with E-state index in [0.29, 0.717) is 32.9 Å². The van der Waals surface area contributed by atoms with Gasteiger partial charge in [0.2, 0.25) is 0 Å². The van der Waals surface area contributed by atoms with Crippen molar-refractivity contribution in [2.45, 2.75) is 13.8 Å². The number of anilines is 1. The van der Waals surface area contributed by atoms with Gasteiger partial charge in [0.25, 0.3) is 5.91 Å². The van der Waals surface area contributed by atoms with Gasteiger partial charge in [-0.2, -0.15) is 0 Å². The molecular weight excluding hydrogens is 303 g/mol. The second-order valence-electron chi connectivity index (χ2n) is 4.11. The molecule has 0 aliphatic heterocycles. The molecule has 0 unspecified atom stereocenters. The Labute approximate surface area is 125 Å². The van der Waals surface area contributed by atoms with Gasteiger partial charge in [-0.15, -0.1) is 0 Å². The molecule has 2 rings (SSSR count). The number of nitrogens with one attached hydrogen (secondary N) is 1. The average Bonchev–Trinajstić information content (AvgIpc) is 2.71. The van der Waals surface area contributed by atoms with Crippen LogP contribution in [0.15, 0.2) is 22.7 Å². The van der Waals surface area contributed by atoms with Crippen molar-refractivity contribution in [3.8, 4) is 5.75 Å². The highest BCUT2D eigenvalue weighted by molar-refractivity contribution is 6.34. The molecule has 0 bridgehead atoms.